The summed E-state index contributed by atoms with van der Waals surface area (Å²) in [6.45, 7) is 13.7. The smallest absolute Gasteiger partial charge is 0.480 e. The summed E-state index contributed by atoms with van der Waals surface area (Å²) >= 11 is 0. The van der Waals surface area contributed by atoms with Gasteiger partial charge in [-0.2, -0.15) is 9.97 Å². The lowest BCUT2D eigenvalue weighted by Gasteiger charge is -2.33. The number of nitrogens with zero attached hydrogens (tertiary/aromatic N) is 8. The number of anilines is 4. The molecule has 4 aromatic heterocycles. The highest BCUT2D eigenvalue weighted by atomic mass is 16.7. The number of carbonyl (C=O) groups excluding carboxylic acids is 3. The lowest BCUT2D eigenvalue weighted by Crippen LogP contribution is -2.49. The molecule has 21 heteroatoms. The number of imidazole rings is 1. The van der Waals surface area contributed by atoms with Crippen LogP contribution >= 0.6 is 0 Å². The average Bonchev–Trinajstić information content (AvgIpc) is 3.63. The van der Waals surface area contributed by atoms with Crippen LogP contribution < -0.4 is 32.7 Å². The number of carbonyl (C=O) groups is 4. The molecular weight excluding hydrogens is 887 g/mol. The molecule has 368 valence electrons. The molecule has 9 N–H and O–H groups in total. The summed E-state index contributed by atoms with van der Waals surface area (Å²) in [6.07, 6.45) is 3.33. The van der Waals surface area contributed by atoms with E-state index in [1.54, 1.807) is 44.3 Å². The Morgan fingerprint density at radius 2 is 1.59 bits per heavy atom. The number of para-hydroxylation sites is 1. The summed E-state index contributed by atoms with van der Waals surface area (Å²) in [5.41, 5.74) is 19.8. The maximum Gasteiger partial charge on any atom is 0.508 e. The molecule has 0 aliphatic carbocycles. The van der Waals surface area contributed by atoms with Crippen molar-refractivity contribution in [3.05, 3.63) is 71.8 Å². The van der Waals surface area contributed by atoms with E-state index in [9.17, 15) is 24.3 Å². The predicted octanol–water partition coefficient (Wildman–Crippen LogP) is 5.72. The molecule has 0 aliphatic heterocycles. The Morgan fingerprint density at radius 1 is 0.884 bits per heavy atom. The quantitative estimate of drug-likeness (QED) is 0.0443. The van der Waals surface area contributed by atoms with Crippen LogP contribution in [0.5, 0.6) is 0 Å². The van der Waals surface area contributed by atoms with E-state index in [-0.39, 0.29) is 49.0 Å². The number of hydrogen-bond donors (Lipinski definition) is 6. The number of carboxylic acid groups (broad SMARTS) is 1. The number of aliphatic carboxylic acids is 1. The Labute approximate surface area is 399 Å². The second-order valence-corrected chi connectivity index (χ2v) is 18.9. The molecule has 1 atom stereocenters. The van der Waals surface area contributed by atoms with Crippen molar-refractivity contribution in [3.63, 3.8) is 0 Å². The SMILES string of the molecule is CCCCc1nc2c(N)nc3ccccc3c2n1CC(C)(C)OC(=O)OCCC(C)(C)OCC(C)(C)NC(=O)CCC(NC(=O)c1ccc(N(C)Cc2cnc3nc(N)nc(N)c3n2)cc1)C(=O)O. The lowest BCUT2D eigenvalue weighted by atomic mass is 10.0. The molecule has 21 nitrogen and oxygen atoms in total. The van der Waals surface area contributed by atoms with Gasteiger partial charge in [0.05, 0.1) is 60.4 Å². The summed E-state index contributed by atoms with van der Waals surface area (Å²) < 4.78 is 19.6. The number of rotatable bonds is 22. The molecule has 69 heavy (non-hydrogen) atoms. The number of pyridine rings is 1. The van der Waals surface area contributed by atoms with Gasteiger partial charge in [-0.15, -0.1) is 0 Å². The molecule has 4 heterocycles. The maximum absolute atomic E-state index is 13.1. The van der Waals surface area contributed by atoms with Crippen molar-refractivity contribution in [2.75, 3.05) is 42.4 Å². The minimum atomic E-state index is -1.33. The number of amides is 2. The molecule has 0 aliphatic rings. The van der Waals surface area contributed by atoms with Gasteiger partial charge >= 0.3 is 12.1 Å². The normalized spacial score (nSPS) is 12.5. The molecule has 6 rings (SSSR count). The number of nitrogen functional groups attached to an aromatic ring is 3. The highest BCUT2D eigenvalue weighted by Crippen LogP contribution is 2.31. The number of unbranched alkanes of at least 4 members (excludes halogenated alkanes) is 1. The number of aryl methyl sites for hydroxylation is 1. The number of carboxylic acids is 1. The Hall–Kier alpha value is -7.42. The van der Waals surface area contributed by atoms with E-state index in [1.165, 1.54) is 0 Å². The third-order valence-electron chi connectivity index (χ3n) is 11.3. The van der Waals surface area contributed by atoms with E-state index in [1.807, 2.05) is 63.9 Å². The highest BCUT2D eigenvalue weighted by Gasteiger charge is 2.31. The van der Waals surface area contributed by atoms with Gasteiger partial charge in [0.25, 0.3) is 5.91 Å². The van der Waals surface area contributed by atoms with E-state index >= 15 is 0 Å². The van der Waals surface area contributed by atoms with E-state index < -0.39 is 46.7 Å². The van der Waals surface area contributed by atoms with Crippen LogP contribution in [0.4, 0.5) is 28.1 Å². The van der Waals surface area contributed by atoms with Crippen LogP contribution in [0.1, 0.15) is 102 Å². The number of nitrogens with two attached hydrogens (primary N) is 3. The van der Waals surface area contributed by atoms with Gasteiger partial charge in [0.1, 0.15) is 23.0 Å². The Morgan fingerprint density at radius 3 is 2.30 bits per heavy atom. The molecule has 0 fully saturated rings. The van der Waals surface area contributed by atoms with E-state index in [0.29, 0.717) is 42.1 Å². The van der Waals surface area contributed by atoms with Gasteiger partial charge in [0.2, 0.25) is 11.9 Å². The molecule has 1 unspecified atom stereocenters. The molecule has 0 saturated heterocycles. The van der Waals surface area contributed by atoms with Crippen LogP contribution in [-0.4, -0.2) is 107 Å². The van der Waals surface area contributed by atoms with Crippen molar-refractivity contribution in [1.29, 1.82) is 0 Å². The van der Waals surface area contributed by atoms with E-state index in [0.717, 1.165) is 47.2 Å². The summed E-state index contributed by atoms with van der Waals surface area (Å²) in [6, 6.07) is 13.0. The third kappa shape index (κ3) is 13.4. The fourth-order valence-corrected chi connectivity index (χ4v) is 7.61. The van der Waals surface area contributed by atoms with E-state index in [2.05, 4.69) is 47.0 Å². The van der Waals surface area contributed by atoms with Crippen molar-refractivity contribution >= 4 is 80.3 Å². The Balaban J connectivity index is 0.935. The topological polar surface area (TPSA) is 304 Å². The standard InChI is InChI=1S/C48H63N13O8/c1-9-10-15-34-56-36-38(31-13-11-12-14-32(31)54-39(36)49)61(34)26-48(6,7)69-45(66)67-23-22-47(4,5)68-27-46(2,3)59-35(62)21-20-33(43(64)65)55-42(63)28-16-18-30(19-17-28)60(8)25-29-24-52-41-37(53-29)40(50)57-44(51)58-41/h11-14,16-19,24,33H,9-10,15,20-23,25-27H2,1-8H3,(H2,49,54)(H,55,63)(H,59,62)(H,64,65)(H4,50,51,52,57,58). The summed E-state index contributed by atoms with van der Waals surface area (Å²) in [4.78, 5) is 79.5. The zero-order valence-corrected chi connectivity index (χ0v) is 40.5. The molecule has 6 aromatic rings. The van der Waals surface area contributed by atoms with E-state index in [4.69, 9.17) is 36.4 Å². The van der Waals surface area contributed by atoms with Gasteiger partial charge in [0, 0.05) is 42.9 Å². The van der Waals surface area contributed by atoms with Crippen LogP contribution in [0.15, 0.2) is 54.7 Å². The molecule has 0 spiro atoms. The number of benzene rings is 2. The van der Waals surface area contributed by atoms with Crippen molar-refractivity contribution in [3.8, 4) is 0 Å². The summed E-state index contributed by atoms with van der Waals surface area (Å²) in [5, 5.41) is 16.2. The fourth-order valence-electron chi connectivity index (χ4n) is 7.61. The minimum Gasteiger partial charge on any atom is -0.480 e. The van der Waals surface area contributed by atoms with Gasteiger partial charge in [-0.3, -0.25) is 9.59 Å². The Kier molecular flexibility index (Phi) is 15.7. The zero-order chi connectivity index (χ0) is 50.3. The van der Waals surface area contributed by atoms with Gasteiger partial charge in [-0.1, -0.05) is 31.5 Å². The van der Waals surface area contributed by atoms with Crippen LogP contribution in [0.2, 0.25) is 0 Å². The molecule has 0 saturated carbocycles. The number of hydrogen-bond acceptors (Lipinski definition) is 17. The number of aromatic nitrogens is 7. The third-order valence-corrected chi connectivity index (χ3v) is 11.3. The average molecular weight is 950 g/mol. The number of fused-ring (bicyclic) bond motifs is 4. The molecule has 0 bridgehead atoms. The predicted molar refractivity (Wildman–Crippen MR) is 262 cm³/mol. The van der Waals surface area contributed by atoms with Crippen LogP contribution in [-0.2, 0) is 43.3 Å². The number of nitrogens with one attached hydrogen (secondary N) is 2. The molecular formula is C48H63N13O8. The molecule has 2 aromatic carbocycles. The first kappa shape index (κ1) is 51.0. The number of ether oxygens (including phenoxy) is 3. The van der Waals surface area contributed by atoms with Crippen molar-refractivity contribution in [2.45, 2.75) is 123 Å². The maximum atomic E-state index is 13.1. The summed E-state index contributed by atoms with van der Waals surface area (Å²) in [7, 11) is 1.83. The van der Waals surface area contributed by atoms with Crippen molar-refractivity contribution in [2.24, 2.45) is 0 Å². The monoisotopic (exact) mass is 949 g/mol. The molecule has 0 radical (unpaired) electrons. The van der Waals surface area contributed by atoms with Crippen molar-refractivity contribution in [1.82, 2.24) is 45.1 Å². The first-order valence-electron chi connectivity index (χ1n) is 22.8. The fraction of sp³-hybridized carbons (Fsp3) is 0.458. The first-order valence-corrected chi connectivity index (χ1v) is 22.8. The van der Waals surface area contributed by atoms with Gasteiger partial charge in [0.15, 0.2) is 22.8 Å². The van der Waals surface area contributed by atoms with Crippen LogP contribution in [0.3, 0.4) is 0 Å². The lowest BCUT2D eigenvalue weighted by molar-refractivity contribution is -0.139. The highest BCUT2D eigenvalue weighted by molar-refractivity contribution is 6.06. The largest absolute Gasteiger partial charge is 0.508 e. The Bertz CT molecular complexity index is 2830. The van der Waals surface area contributed by atoms with Gasteiger partial charge in [-0.05, 0) is 84.7 Å². The first-order chi connectivity index (χ1) is 32.5. The van der Waals surface area contributed by atoms with Crippen LogP contribution in [0, 0.1) is 0 Å². The van der Waals surface area contributed by atoms with Crippen LogP contribution in [0.25, 0.3) is 33.1 Å². The van der Waals surface area contributed by atoms with Gasteiger partial charge < -0.3 is 56.6 Å². The zero-order valence-electron chi connectivity index (χ0n) is 40.5. The molecule has 2 amide bonds. The second kappa shape index (κ2) is 21.3. The van der Waals surface area contributed by atoms with Crippen molar-refractivity contribution < 1.29 is 38.5 Å². The minimum absolute atomic E-state index is 0.00237. The summed E-state index contributed by atoms with van der Waals surface area (Å²) in [5.74, 6) is -1.02. The van der Waals surface area contributed by atoms with Gasteiger partial charge in [-0.25, -0.2) is 29.5 Å². The second-order valence-electron chi connectivity index (χ2n) is 18.9.